The monoisotopic (exact) mass is 258 g/mol. The van der Waals surface area contributed by atoms with E-state index in [1.165, 1.54) is 36.8 Å². The Morgan fingerprint density at radius 2 is 1.58 bits per heavy atom. The van der Waals surface area contributed by atoms with Crippen LogP contribution in [0.4, 0.5) is 0 Å². The van der Waals surface area contributed by atoms with Crippen LogP contribution in [0.3, 0.4) is 0 Å². The minimum Gasteiger partial charge on any atom is -0.0599 e. The molecule has 0 heteroatoms. The molecule has 106 valence electrons. The van der Waals surface area contributed by atoms with Gasteiger partial charge in [0.2, 0.25) is 0 Å². The fourth-order valence-electron chi connectivity index (χ4n) is 3.21. The van der Waals surface area contributed by atoms with Crippen molar-refractivity contribution < 1.29 is 0 Å². The average molecular weight is 258 g/mol. The molecule has 0 spiro atoms. The van der Waals surface area contributed by atoms with Crippen molar-refractivity contribution in [2.45, 2.75) is 78.6 Å². The van der Waals surface area contributed by atoms with Gasteiger partial charge >= 0.3 is 0 Å². The maximum atomic E-state index is 2.47. The van der Waals surface area contributed by atoms with Gasteiger partial charge in [-0.2, -0.15) is 0 Å². The van der Waals surface area contributed by atoms with Crippen LogP contribution >= 0.6 is 0 Å². The minimum absolute atomic E-state index is 0.259. The smallest absolute Gasteiger partial charge is 0.0132 e. The van der Waals surface area contributed by atoms with Crippen LogP contribution in [0.1, 0.15) is 82.9 Å². The molecule has 0 atom stereocenters. The molecule has 1 aromatic rings. The summed E-state index contributed by atoms with van der Waals surface area (Å²) < 4.78 is 0. The lowest BCUT2D eigenvalue weighted by molar-refractivity contribution is 0.224. The van der Waals surface area contributed by atoms with Gasteiger partial charge in [0.15, 0.2) is 0 Å². The van der Waals surface area contributed by atoms with Gasteiger partial charge in [0, 0.05) is 0 Å². The summed E-state index contributed by atoms with van der Waals surface area (Å²) in [6.07, 6.45) is 5.47. The first-order valence-corrected chi connectivity index (χ1v) is 7.79. The first-order chi connectivity index (χ1) is 8.67. The Balaban J connectivity index is 2.24. The van der Waals surface area contributed by atoms with E-state index in [1.807, 2.05) is 0 Å². The lowest BCUT2D eigenvalue weighted by atomic mass is 9.70. The Morgan fingerprint density at radius 1 is 1.00 bits per heavy atom. The van der Waals surface area contributed by atoms with Gasteiger partial charge in [-0.05, 0) is 60.5 Å². The third-order valence-corrected chi connectivity index (χ3v) is 4.78. The fraction of sp³-hybridized carbons (Fsp3) is 0.684. The Morgan fingerprint density at radius 3 is 2.11 bits per heavy atom. The van der Waals surface area contributed by atoms with Gasteiger partial charge < -0.3 is 0 Å². The molecule has 0 heterocycles. The van der Waals surface area contributed by atoms with E-state index in [4.69, 9.17) is 0 Å². The van der Waals surface area contributed by atoms with Crippen LogP contribution in [0.25, 0.3) is 0 Å². The summed E-state index contributed by atoms with van der Waals surface area (Å²) in [5, 5.41) is 0. The standard InChI is InChI=1S/C19H30/c1-14-11-16(13-17(12-14)18(2,3)4)15-7-9-19(5,6)10-8-15/h11-13,15H,7-10H2,1-6H3. The SMILES string of the molecule is Cc1cc(C2CCC(C)(C)CC2)cc(C(C)(C)C)c1. The molecule has 1 saturated carbocycles. The third-order valence-electron chi connectivity index (χ3n) is 4.78. The lowest BCUT2D eigenvalue weighted by Crippen LogP contribution is -2.20. The van der Waals surface area contributed by atoms with Gasteiger partial charge in [0.25, 0.3) is 0 Å². The van der Waals surface area contributed by atoms with Gasteiger partial charge in [-0.3, -0.25) is 0 Å². The molecule has 0 N–H and O–H groups in total. The van der Waals surface area contributed by atoms with E-state index >= 15 is 0 Å². The van der Waals surface area contributed by atoms with E-state index in [1.54, 1.807) is 5.56 Å². The maximum Gasteiger partial charge on any atom is -0.0132 e. The molecular formula is C19H30. The predicted octanol–water partition coefficient (Wildman–Crippen LogP) is 5.98. The summed E-state index contributed by atoms with van der Waals surface area (Å²) in [5.41, 5.74) is 5.32. The highest BCUT2D eigenvalue weighted by atomic mass is 14.3. The van der Waals surface area contributed by atoms with Crippen LogP contribution in [-0.4, -0.2) is 0 Å². The highest BCUT2D eigenvalue weighted by Gasteiger charge is 2.28. The molecule has 1 aliphatic rings. The maximum absolute atomic E-state index is 2.47. The Labute approximate surface area is 119 Å². The normalized spacial score (nSPS) is 20.5. The second-order valence-electron chi connectivity index (χ2n) is 8.32. The highest BCUT2D eigenvalue weighted by Crippen LogP contribution is 2.43. The van der Waals surface area contributed by atoms with E-state index in [-0.39, 0.29) is 5.41 Å². The van der Waals surface area contributed by atoms with E-state index < -0.39 is 0 Å². The molecule has 0 radical (unpaired) electrons. The van der Waals surface area contributed by atoms with Gasteiger partial charge in [-0.25, -0.2) is 0 Å². The van der Waals surface area contributed by atoms with Crippen molar-refractivity contribution >= 4 is 0 Å². The number of rotatable bonds is 1. The highest BCUT2D eigenvalue weighted by molar-refractivity contribution is 5.35. The third kappa shape index (κ3) is 3.61. The average Bonchev–Trinajstić information content (AvgIpc) is 2.26. The zero-order valence-corrected chi connectivity index (χ0v) is 13.6. The number of hydrogen-bond acceptors (Lipinski definition) is 0. The molecule has 1 aliphatic carbocycles. The molecule has 19 heavy (non-hydrogen) atoms. The minimum atomic E-state index is 0.259. The van der Waals surface area contributed by atoms with Gasteiger partial charge in [-0.1, -0.05) is 58.4 Å². The van der Waals surface area contributed by atoms with Crippen molar-refractivity contribution in [2.24, 2.45) is 5.41 Å². The van der Waals surface area contributed by atoms with Crippen LogP contribution in [0.5, 0.6) is 0 Å². The number of benzene rings is 1. The van der Waals surface area contributed by atoms with Crippen molar-refractivity contribution in [3.05, 3.63) is 34.9 Å². The van der Waals surface area contributed by atoms with E-state index in [2.05, 4.69) is 59.7 Å². The van der Waals surface area contributed by atoms with Crippen molar-refractivity contribution in [3.8, 4) is 0 Å². The quantitative estimate of drug-likeness (QED) is 0.581. The Bertz CT molecular complexity index is 436. The largest absolute Gasteiger partial charge is 0.0599 e. The molecule has 0 aromatic heterocycles. The fourth-order valence-corrected chi connectivity index (χ4v) is 3.21. The molecule has 1 aromatic carbocycles. The predicted molar refractivity (Wildman–Crippen MR) is 84.9 cm³/mol. The summed E-state index contributed by atoms with van der Waals surface area (Å²) in [7, 11) is 0. The summed E-state index contributed by atoms with van der Waals surface area (Å²) in [6.45, 7) is 14.0. The zero-order valence-electron chi connectivity index (χ0n) is 13.6. The molecule has 0 bridgehead atoms. The molecule has 0 unspecified atom stereocenters. The first-order valence-electron chi connectivity index (χ1n) is 7.79. The van der Waals surface area contributed by atoms with Gasteiger partial charge in [0.05, 0.1) is 0 Å². The zero-order chi connectivity index (χ0) is 14.3. The van der Waals surface area contributed by atoms with Gasteiger partial charge in [-0.15, -0.1) is 0 Å². The number of hydrogen-bond donors (Lipinski definition) is 0. The second-order valence-corrected chi connectivity index (χ2v) is 8.32. The van der Waals surface area contributed by atoms with Crippen molar-refractivity contribution in [1.82, 2.24) is 0 Å². The Hall–Kier alpha value is -0.780. The first kappa shape index (κ1) is 14.6. The summed E-state index contributed by atoms with van der Waals surface area (Å²) >= 11 is 0. The second kappa shape index (κ2) is 4.96. The van der Waals surface area contributed by atoms with E-state index in [0.29, 0.717) is 5.41 Å². The van der Waals surface area contributed by atoms with Crippen molar-refractivity contribution in [3.63, 3.8) is 0 Å². The van der Waals surface area contributed by atoms with E-state index in [9.17, 15) is 0 Å². The van der Waals surface area contributed by atoms with Crippen LogP contribution in [-0.2, 0) is 5.41 Å². The van der Waals surface area contributed by atoms with Crippen LogP contribution in [0, 0.1) is 12.3 Å². The summed E-state index contributed by atoms with van der Waals surface area (Å²) in [6, 6.07) is 7.24. The van der Waals surface area contributed by atoms with Crippen molar-refractivity contribution in [2.75, 3.05) is 0 Å². The van der Waals surface area contributed by atoms with Gasteiger partial charge in [0.1, 0.15) is 0 Å². The lowest BCUT2D eigenvalue weighted by Gasteiger charge is -2.35. The Kier molecular flexibility index (Phi) is 3.82. The molecule has 1 fully saturated rings. The molecule has 2 rings (SSSR count). The van der Waals surface area contributed by atoms with Crippen LogP contribution < -0.4 is 0 Å². The summed E-state index contributed by atoms with van der Waals surface area (Å²) in [5.74, 6) is 0.786. The molecule has 0 amide bonds. The summed E-state index contributed by atoms with van der Waals surface area (Å²) in [4.78, 5) is 0. The van der Waals surface area contributed by atoms with Crippen LogP contribution in [0.15, 0.2) is 18.2 Å². The molecule has 0 nitrogen and oxygen atoms in total. The molecule has 0 saturated heterocycles. The van der Waals surface area contributed by atoms with E-state index in [0.717, 1.165) is 5.92 Å². The van der Waals surface area contributed by atoms with Crippen LogP contribution in [0.2, 0.25) is 0 Å². The topological polar surface area (TPSA) is 0 Å². The molecular weight excluding hydrogens is 228 g/mol. The van der Waals surface area contributed by atoms with Crippen molar-refractivity contribution in [1.29, 1.82) is 0 Å². The number of aryl methyl sites for hydroxylation is 1. The molecule has 0 aliphatic heterocycles.